The summed E-state index contributed by atoms with van der Waals surface area (Å²) in [6.07, 6.45) is 20.5. The Bertz CT molecular complexity index is 2100. The molecule has 1 heterocycles. The lowest BCUT2D eigenvalue weighted by Gasteiger charge is -2.59. The molecule has 3 aromatic rings. The lowest BCUT2D eigenvalue weighted by molar-refractivity contribution is -0.255. The van der Waals surface area contributed by atoms with Crippen molar-refractivity contribution in [2.45, 2.75) is 160 Å². The molecular weight excluding hydrogens is 883 g/mol. The highest BCUT2D eigenvalue weighted by Gasteiger charge is 2.65. The van der Waals surface area contributed by atoms with Gasteiger partial charge in [0.15, 0.2) is 0 Å². The Morgan fingerprint density at radius 2 is 1.47 bits per heavy atom. The lowest BCUT2D eigenvalue weighted by Crippen LogP contribution is -2.70. The van der Waals surface area contributed by atoms with E-state index in [2.05, 4.69) is 24.9 Å². The number of fused-ring (bicyclic) bond motifs is 2. The number of hydrogen-bond donors (Lipinski definition) is 3. The summed E-state index contributed by atoms with van der Waals surface area (Å²) in [6, 6.07) is 24.4. The van der Waals surface area contributed by atoms with Crippen LogP contribution in [0.3, 0.4) is 0 Å². The number of oxime groups is 1. The minimum absolute atomic E-state index is 0.00339. The van der Waals surface area contributed by atoms with E-state index in [0.717, 1.165) is 67.2 Å². The van der Waals surface area contributed by atoms with Crippen molar-refractivity contribution in [3.05, 3.63) is 120 Å². The summed E-state index contributed by atoms with van der Waals surface area (Å²) in [4.78, 5) is 36.1. The van der Waals surface area contributed by atoms with Crippen LogP contribution in [0.2, 0.25) is 0 Å². The molecule has 0 aromatic heterocycles. The third-order valence-electron chi connectivity index (χ3n) is 14.2. The predicted octanol–water partition coefficient (Wildman–Crippen LogP) is 12.6. The molecule has 1 aliphatic heterocycles. The van der Waals surface area contributed by atoms with Gasteiger partial charge in [-0.25, -0.2) is 9.59 Å². The van der Waals surface area contributed by atoms with Gasteiger partial charge in [0.2, 0.25) is 5.79 Å². The van der Waals surface area contributed by atoms with Gasteiger partial charge in [0.1, 0.15) is 30.8 Å². The van der Waals surface area contributed by atoms with E-state index in [1.165, 1.54) is 44.9 Å². The van der Waals surface area contributed by atoms with Gasteiger partial charge in [-0.05, 0) is 85.3 Å². The average Bonchev–Trinajstić information content (AvgIpc) is 3.38. The first-order valence-electron chi connectivity index (χ1n) is 26.5. The van der Waals surface area contributed by atoms with Gasteiger partial charge in [0.05, 0.1) is 18.2 Å². The van der Waals surface area contributed by atoms with Gasteiger partial charge in [0, 0.05) is 44.2 Å². The monoisotopic (exact) mass is 964 g/mol. The molecule has 70 heavy (non-hydrogen) atoms. The van der Waals surface area contributed by atoms with E-state index in [9.17, 15) is 19.8 Å². The van der Waals surface area contributed by atoms with Crippen molar-refractivity contribution >= 4 is 17.9 Å². The smallest absolute Gasteiger partial charge is 0.412 e. The summed E-state index contributed by atoms with van der Waals surface area (Å²) in [5.41, 5.74) is 4.32. The number of nitrogens with one attached hydrogen (secondary N) is 1. The molecule has 0 bridgehead atoms. The molecule has 1 saturated carbocycles. The maximum Gasteiger partial charge on any atom is 0.412 e. The van der Waals surface area contributed by atoms with Crippen LogP contribution in [0.1, 0.15) is 152 Å². The number of allylic oxidation sites excluding steroid dienone is 1. The number of nitrogens with zero attached hydrogens (tertiary/aromatic N) is 2. The van der Waals surface area contributed by atoms with Crippen LogP contribution in [0.15, 0.2) is 108 Å². The summed E-state index contributed by atoms with van der Waals surface area (Å²) in [5.74, 6) is -1.24. The fourth-order valence-electron chi connectivity index (χ4n) is 10.8. The van der Waals surface area contributed by atoms with Gasteiger partial charge < -0.3 is 39.3 Å². The predicted molar refractivity (Wildman–Crippen MR) is 276 cm³/mol. The molecule has 0 saturated heterocycles. The summed E-state index contributed by atoms with van der Waals surface area (Å²) >= 11 is 0. The fourth-order valence-corrected chi connectivity index (χ4v) is 10.8. The van der Waals surface area contributed by atoms with E-state index in [1.54, 1.807) is 17.0 Å². The highest BCUT2D eigenvalue weighted by molar-refractivity contribution is 6.03. The van der Waals surface area contributed by atoms with Crippen LogP contribution in [0, 0.1) is 17.8 Å². The van der Waals surface area contributed by atoms with Gasteiger partial charge in [-0.15, -0.1) is 6.58 Å². The number of unbranched alkanes of at least 4 members (excludes halogenated alkanes) is 11. The molecule has 12 heteroatoms. The van der Waals surface area contributed by atoms with E-state index in [0.29, 0.717) is 49.6 Å². The Kier molecular flexibility index (Phi) is 22.6. The van der Waals surface area contributed by atoms with Crippen LogP contribution in [0.4, 0.5) is 9.59 Å². The molecule has 12 nitrogen and oxygen atoms in total. The van der Waals surface area contributed by atoms with Crippen molar-refractivity contribution in [3.63, 3.8) is 0 Å². The zero-order valence-electron chi connectivity index (χ0n) is 42.1. The number of ether oxygens (including phenoxy) is 4. The van der Waals surface area contributed by atoms with Gasteiger partial charge >= 0.3 is 12.2 Å². The van der Waals surface area contributed by atoms with Crippen LogP contribution in [-0.2, 0) is 27.5 Å². The molecule has 382 valence electrons. The maximum atomic E-state index is 14.7. The van der Waals surface area contributed by atoms with Crippen molar-refractivity contribution in [3.8, 4) is 11.5 Å². The molecule has 2 amide bonds. The first-order chi connectivity index (χ1) is 34.4. The minimum atomic E-state index is -1.45. The molecule has 3 aliphatic rings. The zero-order chi connectivity index (χ0) is 49.4. The van der Waals surface area contributed by atoms with E-state index in [4.69, 9.17) is 28.9 Å². The Hall–Kier alpha value is -5.17. The van der Waals surface area contributed by atoms with Crippen molar-refractivity contribution in [2.75, 3.05) is 32.9 Å². The van der Waals surface area contributed by atoms with Gasteiger partial charge in [-0.1, -0.05) is 162 Å². The fraction of sp³-hybridized carbons (Fsp3) is 0.569. The number of carbonyl (C=O) groups is 2. The normalized spacial score (nSPS) is 21.7. The first-order valence-corrected chi connectivity index (χ1v) is 26.5. The molecule has 2 aliphatic carbocycles. The molecule has 6 atom stereocenters. The van der Waals surface area contributed by atoms with Crippen LogP contribution in [0.5, 0.6) is 11.5 Å². The maximum absolute atomic E-state index is 14.7. The Labute approximate surface area is 417 Å². The number of rotatable bonds is 31. The number of carbonyl (C=O) groups excluding carboxylic acids is 2. The third-order valence-corrected chi connectivity index (χ3v) is 14.2. The van der Waals surface area contributed by atoms with Crippen molar-refractivity contribution in [1.82, 2.24) is 10.2 Å². The highest BCUT2D eigenvalue weighted by atomic mass is 16.7. The quantitative estimate of drug-likeness (QED) is 0.0325. The molecule has 6 rings (SSSR count). The van der Waals surface area contributed by atoms with E-state index < -0.39 is 29.9 Å². The second kappa shape index (κ2) is 29.2. The van der Waals surface area contributed by atoms with Crippen molar-refractivity contribution in [2.24, 2.45) is 22.9 Å². The average molecular weight is 964 g/mol. The van der Waals surface area contributed by atoms with Crippen LogP contribution < -0.4 is 14.8 Å². The van der Waals surface area contributed by atoms with Gasteiger partial charge in [0.25, 0.3) is 0 Å². The van der Waals surface area contributed by atoms with E-state index >= 15 is 0 Å². The molecule has 3 N–H and O–H groups in total. The van der Waals surface area contributed by atoms with Gasteiger partial charge in [-0.2, -0.15) is 0 Å². The first kappa shape index (κ1) is 54.2. The second-order valence-electron chi connectivity index (χ2n) is 19.3. The van der Waals surface area contributed by atoms with Crippen LogP contribution in [0.25, 0.3) is 0 Å². The second-order valence-corrected chi connectivity index (χ2v) is 19.3. The molecular formula is C58H81N3O9. The molecule has 0 unspecified atom stereocenters. The van der Waals surface area contributed by atoms with Crippen molar-refractivity contribution in [1.29, 1.82) is 0 Å². The van der Waals surface area contributed by atoms with E-state index in [1.807, 2.05) is 79.7 Å². The zero-order valence-corrected chi connectivity index (χ0v) is 42.1. The molecule has 1 fully saturated rings. The Balaban J connectivity index is 1.39. The van der Waals surface area contributed by atoms with Crippen LogP contribution >= 0.6 is 0 Å². The topological polar surface area (TPSA) is 148 Å². The number of aliphatic hydroxyl groups is 2. The highest BCUT2D eigenvalue weighted by Crippen LogP contribution is 2.62. The summed E-state index contributed by atoms with van der Waals surface area (Å²) < 4.78 is 26.6. The largest absolute Gasteiger partial charge is 0.459 e. The summed E-state index contributed by atoms with van der Waals surface area (Å²) in [6.45, 7) is 9.86. The summed E-state index contributed by atoms with van der Waals surface area (Å²) in [7, 11) is 0. The number of hydrogen-bond acceptors (Lipinski definition) is 10. The number of aliphatic hydroxyl groups excluding tert-OH is 2. The standard InChI is InChI=1S/C58H81N3O9/c1-4-7-8-9-10-11-12-13-14-23-34-59-56(64)69-47-32-33-52-50(40-47)54-48(31-22-25-37-63)46(30-21-24-36-62)39-49-51(60-68-43-45-28-19-16-20-29-45)41-53(58(70-52,55(49)54)67-38-6-3)61(35-5-2)57(65)66-42-44-26-17-15-18-27-44/h6,15-20,26-29,32-33,39-40,46,48,53-55,62-63H,3-5,7-14,21-25,30-31,34-38,41-43H2,1-2H3,(H,59,64)/t46-,48+,53-,54+,55+,58+/m0/s1. The number of amides is 2. The Morgan fingerprint density at radius 1 is 0.814 bits per heavy atom. The summed E-state index contributed by atoms with van der Waals surface area (Å²) in [5, 5.41) is 27.9. The van der Waals surface area contributed by atoms with Crippen LogP contribution in [-0.4, -0.2) is 77.8 Å². The molecule has 0 spiro atoms. The van der Waals surface area contributed by atoms with Crippen molar-refractivity contribution < 1.29 is 43.6 Å². The number of benzene rings is 3. The third kappa shape index (κ3) is 14.9. The minimum Gasteiger partial charge on any atom is -0.459 e. The molecule has 0 radical (unpaired) electrons. The molecule has 3 aromatic carbocycles. The SMILES string of the molecule is C=CCO[C@@]12Oc3ccc(OC(=O)NCCCCCCCCCCCC)cc3[C@H]3[C@H](CCCCO)[C@@H](CCCCO)C=C(C(=NOCc4ccccc4)C[C@@H]1N(CCC)C(=O)OCc1ccccc1)[C@H]32. The Morgan fingerprint density at radius 3 is 2.13 bits per heavy atom. The van der Waals surface area contributed by atoms with Gasteiger partial charge in [-0.3, -0.25) is 4.90 Å². The van der Waals surface area contributed by atoms with E-state index in [-0.39, 0.29) is 57.2 Å². The lowest BCUT2D eigenvalue weighted by atomic mass is 9.55.